The molecule has 1 atom stereocenters. The maximum atomic E-state index is 12.8. The van der Waals surface area contributed by atoms with Crippen molar-refractivity contribution in [3.05, 3.63) is 40.3 Å². The third-order valence-electron chi connectivity index (χ3n) is 5.85. The molecule has 0 radical (unpaired) electrons. The molecule has 1 saturated heterocycles. The van der Waals surface area contributed by atoms with Crippen molar-refractivity contribution < 1.29 is 19.0 Å². The predicted octanol–water partition coefficient (Wildman–Crippen LogP) is 5.05. The second kappa shape index (κ2) is 9.42. The lowest BCUT2D eigenvalue weighted by atomic mass is 9.95. The van der Waals surface area contributed by atoms with E-state index in [2.05, 4.69) is 5.32 Å². The molecule has 0 saturated carbocycles. The molecule has 3 aromatic rings. The fraction of sp³-hybridized carbons (Fsp3) is 0.458. The molecule has 32 heavy (non-hydrogen) atoms. The van der Waals surface area contributed by atoms with Gasteiger partial charge in [0.1, 0.15) is 11.6 Å². The molecular formula is C24H27N3O4S. The van der Waals surface area contributed by atoms with E-state index in [1.54, 1.807) is 11.3 Å². The van der Waals surface area contributed by atoms with Crippen molar-refractivity contribution in [2.75, 3.05) is 25.1 Å². The Bertz CT molecular complexity index is 1120. The molecular weight excluding hydrogens is 426 g/mol. The summed E-state index contributed by atoms with van der Waals surface area (Å²) in [5.74, 6) is 0.635. The number of carbonyl (C=O) groups is 1. The second-order valence-electron chi connectivity index (χ2n) is 8.07. The van der Waals surface area contributed by atoms with Crippen molar-refractivity contribution in [1.82, 2.24) is 9.97 Å². The van der Waals surface area contributed by atoms with Crippen LogP contribution in [0.3, 0.4) is 0 Å². The molecule has 0 bridgehead atoms. The van der Waals surface area contributed by atoms with Crippen LogP contribution in [0.1, 0.15) is 53.4 Å². The van der Waals surface area contributed by atoms with Gasteiger partial charge in [0.2, 0.25) is 0 Å². The Morgan fingerprint density at radius 3 is 2.78 bits per heavy atom. The van der Waals surface area contributed by atoms with E-state index in [1.165, 1.54) is 4.88 Å². The number of benzene rings is 1. The molecule has 1 aliphatic carbocycles. The van der Waals surface area contributed by atoms with Crippen molar-refractivity contribution in [1.29, 1.82) is 0 Å². The van der Waals surface area contributed by atoms with E-state index in [0.717, 1.165) is 66.7 Å². The summed E-state index contributed by atoms with van der Waals surface area (Å²) in [6.45, 7) is 3.36. The lowest BCUT2D eigenvalue weighted by Crippen LogP contribution is -2.17. The quantitative estimate of drug-likeness (QED) is 0.501. The highest BCUT2D eigenvalue weighted by Crippen LogP contribution is 2.41. The SMILES string of the molecule is CCOC(=O)c1c(Nc2nc3ccccc3nc2OC[C@H]2CCCO2)sc2c1CCCC2. The lowest BCUT2D eigenvalue weighted by molar-refractivity contribution is 0.0526. The molecule has 5 rings (SSSR count). The van der Waals surface area contributed by atoms with Gasteiger partial charge in [0.25, 0.3) is 5.88 Å². The van der Waals surface area contributed by atoms with E-state index in [4.69, 9.17) is 24.2 Å². The number of carbonyl (C=O) groups excluding carboxylic acids is 1. The minimum atomic E-state index is -0.287. The van der Waals surface area contributed by atoms with E-state index in [9.17, 15) is 4.79 Å². The zero-order valence-corrected chi connectivity index (χ0v) is 19.0. The van der Waals surface area contributed by atoms with Crippen molar-refractivity contribution >= 4 is 39.2 Å². The van der Waals surface area contributed by atoms with Crippen LogP contribution in [0.25, 0.3) is 11.0 Å². The van der Waals surface area contributed by atoms with Gasteiger partial charge in [-0.2, -0.15) is 0 Å². The lowest BCUT2D eigenvalue weighted by Gasteiger charge is -2.15. The minimum Gasteiger partial charge on any atom is -0.472 e. The molecule has 1 aromatic carbocycles. The van der Waals surface area contributed by atoms with Crippen molar-refractivity contribution in [3.63, 3.8) is 0 Å². The summed E-state index contributed by atoms with van der Waals surface area (Å²) >= 11 is 1.61. The number of para-hydroxylation sites is 2. The summed E-state index contributed by atoms with van der Waals surface area (Å²) in [4.78, 5) is 23.6. The Labute approximate surface area is 191 Å². The zero-order valence-electron chi connectivity index (χ0n) is 18.2. The van der Waals surface area contributed by atoms with Gasteiger partial charge in [0.15, 0.2) is 5.82 Å². The summed E-state index contributed by atoms with van der Waals surface area (Å²) in [5, 5.41) is 4.14. The van der Waals surface area contributed by atoms with Gasteiger partial charge in [0.05, 0.1) is 29.3 Å². The molecule has 8 heteroatoms. The fourth-order valence-corrected chi connectivity index (χ4v) is 5.57. The molecule has 168 valence electrons. The number of hydrogen-bond donors (Lipinski definition) is 1. The molecule has 1 fully saturated rings. The molecule has 2 aliphatic rings. The number of fused-ring (bicyclic) bond motifs is 2. The fourth-order valence-electron chi connectivity index (χ4n) is 4.29. The average Bonchev–Trinajstić information content (AvgIpc) is 3.45. The van der Waals surface area contributed by atoms with Gasteiger partial charge in [-0.25, -0.2) is 14.8 Å². The van der Waals surface area contributed by atoms with Crippen LogP contribution < -0.4 is 10.1 Å². The van der Waals surface area contributed by atoms with E-state index < -0.39 is 0 Å². The first kappa shape index (κ1) is 21.2. The molecule has 1 aliphatic heterocycles. The number of hydrogen-bond acceptors (Lipinski definition) is 8. The van der Waals surface area contributed by atoms with Crippen LogP contribution in [0.5, 0.6) is 5.88 Å². The van der Waals surface area contributed by atoms with Gasteiger partial charge in [0, 0.05) is 11.5 Å². The number of ether oxygens (including phenoxy) is 3. The Kier molecular flexibility index (Phi) is 6.23. The van der Waals surface area contributed by atoms with Gasteiger partial charge >= 0.3 is 5.97 Å². The number of thiophene rings is 1. The summed E-state index contributed by atoms with van der Waals surface area (Å²) in [6, 6.07) is 7.70. The van der Waals surface area contributed by atoms with E-state index in [-0.39, 0.29) is 12.1 Å². The number of esters is 1. The minimum absolute atomic E-state index is 0.0697. The number of aromatic nitrogens is 2. The normalized spacial score (nSPS) is 17.8. The molecule has 0 spiro atoms. The van der Waals surface area contributed by atoms with Crippen LogP contribution in [0, 0.1) is 0 Å². The third kappa shape index (κ3) is 4.29. The number of nitrogens with one attached hydrogen (secondary N) is 1. The van der Waals surface area contributed by atoms with Gasteiger partial charge < -0.3 is 19.5 Å². The van der Waals surface area contributed by atoms with Crippen LogP contribution >= 0.6 is 11.3 Å². The first-order valence-electron chi connectivity index (χ1n) is 11.3. The monoisotopic (exact) mass is 453 g/mol. The molecule has 0 unspecified atom stereocenters. The number of nitrogens with zero attached hydrogens (tertiary/aromatic N) is 2. The highest BCUT2D eigenvalue weighted by molar-refractivity contribution is 7.16. The van der Waals surface area contributed by atoms with Crippen LogP contribution in [0.4, 0.5) is 10.8 Å². The molecule has 7 nitrogen and oxygen atoms in total. The van der Waals surface area contributed by atoms with Crippen LogP contribution in [0.2, 0.25) is 0 Å². The van der Waals surface area contributed by atoms with E-state index in [1.807, 2.05) is 31.2 Å². The summed E-state index contributed by atoms with van der Waals surface area (Å²) < 4.78 is 17.2. The van der Waals surface area contributed by atoms with Crippen LogP contribution in [-0.2, 0) is 22.3 Å². The van der Waals surface area contributed by atoms with Crippen LogP contribution in [0.15, 0.2) is 24.3 Å². The highest BCUT2D eigenvalue weighted by Gasteiger charge is 2.28. The number of rotatable bonds is 7. The second-order valence-corrected chi connectivity index (χ2v) is 9.18. The first-order valence-corrected chi connectivity index (χ1v) is 12.1. The number of anilines is 2. The summed E-state index contributed by atoms with van der Waals surface area (Å²) in [7, 11) is 0. The zero-order chi connectivity index (χ0) is 21.9. The van der Waals surface area contributed by atoms with Gasteiger partial charge in [-0.1, -0.05) is 12.1 Å². The van der Waals surface area contributed by atoms with Crippen molar-refractivity contribution in [2.45, 2.75) is 51.6 Å². The van der Waals surface area contributed by atoms with Gasteiger partial charge in [-0.15, -0.1) is 11.3 Å². The maximum Gasteiger partial charge on any atom is 0.341 e. The maximum absolute atomic E-state index is 12.8. The smallest absolute Gasteiger partial charge is 0.341 e. The molecule has 3 heterocycles. The molecule has 0 amide bonds. The average molecular weight is 454 g/mol. The largest absolute Gasteiger partial charge is 0.472 e. The third-order valence-corrected chi connectivity index (χ3v) is 7.06. The predicted molar refractivity (Wildman–Crippen MR) is 124 cm³/mol. The highest BCUT2D eigenvalue weighted by atomic mass is 32.1. The molecule has 1 N–H and O–H groups in total. The van der Waals surface area contributed by atoms with Gasteiger partial charge in [-0.05, 0) is 63.1 Å². The van der Waals surface area contributed by atoms with E-state index in [0.29, 0.717) is 30.5 Å². The van der Waals surface area contributed by atoms with Crippen molar-refractivity contribution in [2.24, 2.45) is 0 Å². The van der Waals surface area contributed by atoms with E-state index >= 15 is 0 Å². The van der Waals surface area contributed by atoms with Crippen LogP contribution in [-0.4, -0.2) is 41.9 Å². The first-order chi connectivity index (χ1) is 15.7. The topological polar surface area (TPSA) is 82.6 Å². The standard InChI is InChI=1S/C24H27N3O4S/c1-2-29-24(28)20-16-9-3-6-12-19(16)32-23(20)27-21-22(31-14-15-8-7-13-30-15)26-18-11-5-4-10-17(18)25-21/h4-5,10-11,15H,2-3,6-9,12-14H2,1H3,(H,25,27)/t15-/m1/s1. The van der Waals surface area contributed by atoms with Crippen molar-refractivity contribution in [3.8, 4) is 5.88 Å². The summed E-state index contributed by atoms with van der Waals surface area (Å²) in [6.07, 6.45) is 6.20. The summed E-state index contributed by atoms with van der Waals surface area (Å²) in [5.41, 5.74) is 3.26. The Hall–Kier alpha value is -2.71. The molecule has 2 aromatic heterocycles. The Morgan fingerprint density at radius 1 is 1.19 bits per heavy atom. The Morgan fingerprint density at radius 2 is 2.00 bits per heavy atom. The van der Waals surface area contributed by atoms with Gasteiger partial charge in [-0.3, -0.25) is 0 Å². The Balaban J connectivity index is 1.52. The number of aryl methyl sites for hydroxylation is 1.